The molecule has 82 valence electrons. The highest BCUT2D eigenvalue weighted by molar-refractivity contribution is 7.89. The SMILES string of the molecule is Nc1c([N+](=O)[O-])ccc(S(N)(=O)=O)c1O. The standard InChI is InChI=1S/C6H7N3O5S/c7-5-3(9(11)12)1-2-4(6(5)10)15(8,13)14/h1-2,10H,7H2,(H2,8,13,14). The minimum Gasteiger partial charge on any atom is -0.504 e. The van der Waals surface area contributed by atoms with Crippen molar-refractivity contribution in [3.05, 3.63) is 22.2 Å². The Morgan fingerprint density at radius 2 is 1.93 bits per heavy atom. The summed E-state index contributed by atoms with van der Waals surface area (Å²) < 4.78 is 21.8. The molecule has 1 rings (SSSR count). The summed E-state index contributed by atoms with van der Waals surface area (Å²) >= 11 is 0. The molecule has 0 aliphatic heterocycles. The minimum atomic E-state index is -4.15. The highest BCUT2D eigenvalue weighted by Gasteiger charge is 2.22. The molecule has 15 heavy (non-hydrogen) atoms. The minimum absolute atomic E-state index is 0.583. The van der Waals surface area contributed by atoms with Gasteiger partial charge in [0.25, 0.3) is 5.69 Å². The molecule has 5 N–H and O–H groups in total. The van der Waals surface area contributed by atoms with E-state index in [1.807, 2.05) is 0 Å². The molecule has 9 heteroatoms. The van der Waals surface area contributed by atoms with Gasteiger partial charge in [-0.05, 0) is 6.07 Å². The monoisotopic (exact) mass is 233 g/mol. The second-order valence-electron chi connectivity index (χ2n) is 2.65. The molecule has 0 fully saturated rings. The molecule has 8 nitrogen and oxygen atoms in total. The first-order chi connectivity index (χ1) is 6.75. The summed E-state index contributed by atoms with van der Waals surface area (Å²) in [4.78, 5) is 8.88. The highest BCUT2D eigenvalue weighted by Crippen LogP contribution is 2.35. The van der Waals surface area contributed by atoms with Gasteiger partial charge in [0, 0.05) is 6.07 Å². The van der Waals surface area contributed by atoms with Gasteiger partial charge in [-0.1, -0.05) is 0 Å². The molecule has 0 spiro atoms. The van der Waals surface area contributed by atoms with Crippen LogP contribution in [-0.4, -0.2) is 18.4 Å². The van der Waals surface area contributed by atoms with Gasteiger partial charge in [-0.25, -0.2) is 13.6 Å². The Kier molecular flexibility index (Phi) is 2.51. The molecule has 0 aliphatic rings. The predicted molar refractivity (Wildman–Crippen MR) is 50.5 cm³/mol. The van der Waals surface area contributed by atoms with Crippen LogP contribution in [0.25, 0.3) is 0 Å². The largest absolute Gasteiger partial charge is 0.504 e. The Labute approximate surface area is 84.3 Å². The zero-order chi connectivity index (χ0) is 11.8. The van der Waals surface area contributed by atoms with E-state index in [9.17, 15) is 23.6 Å². The van der Waals surface area contributed by atoms with Crippen molar-refractivity contribution < 1.29 is 18.4 Å². The topological polar surface area (TPSA) is 150 Å². The van der Waals surface area contributed by atoms with Crippen molar-refractivity contribution in [1.29, 1.82) is 0 Å². The third-order valence-electron chi connectivity index (χ3n) is 1.66. The number of phenolic OH excluding ortho intramolecular Hbond substituents is 1. The molecule has 1 aromatic carbocycles. The smallest absolute Gasteiger partial charge is 0.296 e. The number of rotatable bonds is 2. The summed E-state index contributed by atoms with van der Waals surface area (Å²) in [5, 5.41) is 24.4. The van der Waals surface area contributed by atoms with Crippen LogP contribution in [0, 0.1) is 10.1 Å². The first-order valence-corrected chi connectivity index (χ1v) is 5.08. The molecule has 0 radical (unpaired) electrons. The molecule has 1 aromatic rings. The molecule has 0 saturated heterocycles. The van der Waals surface area contributed by atoms with E-state index in [1.54, 1.807) is 0 Å². The number of hydrogen-bond acceptors (Lipinski definition) is 6. The van der Waals surface area contributed by atoms with Gasteiger partial charge in [0.15, 0.2) is 11.4 Å². The number of nitrogen functional groups attached to an aromatic ring is 1. The Balaban J connectivity index is 3.55. The van der Waals surface area contributed by atoms with E-state index >= 15 is 0 Å². The van der Waals surface area contributed by atoms with Crippen LogP contribution in [-0.2, 0) is 10.0 Å². The lowest BCUT2D eigenvalue weighted by molar-refractivity contribution is -0.384. The van der Waals surface area contributed by atoms with Gasteiger partial charge < -0.3 is 10.8 Å². The van der Waals surface area contributed by atoms with Crippen LogP contribution in [0.15, 0.2) is 17.0 Å². The summed E-state index contributed by atoms with van der Waals surface area (Å²) in [6.07, 6.45) is 0. The first kappa shape index (κ1) is 11.2. The van der Waals surface area contributed by atoms with Gasteiger partial charge in [-0.15, -0.1) is 0 Å². The summed E-state index contributed by atoms with van der Waals surface area (Å²) in [5.41, 5.74) is 3.95. The van der Waals surface area contributed by atoms with E-state index in [4.69, 9.17) is 10.9 Å². The lowest BCUT2D eigenvalue weighted by atomic mass is 10.2. The maximum Gasteiger partial charge on any atom is 0.296 e. The molecule has 0 atom stereocenters. The molecule has 0 aromatic heterocycles. The van der Waals surface area contributed by atoms with Crippen molar-refractivity contribution in [1.82, 2.24) is 0 Å². The van der Waals surface area contributed by atoms with Gasteiger partial charge in [0.05, 0.1) is 4.92 Å². The Hall–Kier alpha value is -1.87. The summed E-state index contributed by atoms with van der Waals surface area (Å²) in [6.45, 7) is 0. The average Bonchev–Trinajstić information content (AvgIpc) is 2.06. The summed E-state index contributed by atoms with van der Waals surface area (Å²) in [7, 11) is -4.15. The second kappa shape index (κ2) is 3.37. The number of benzene rings is 1. The fourth-order valence-electron chi connectivity index (χ4n) is 0.966. The number of anilines is 1. The number of nitrogens with two attached hydrogens (primary N) is 2. The molecule has 0 unspecified atom stereocenters. The average molecular weight is 233 g/mol. The molecule has 0 aliphatic carbocycles. The van der Waals surface area contributed by atoms with Crippen LogP contribution in [0.4, 0.5) is 11.4 Å². The molecule has 0 amide bonds. The highest BCUT2D eigenvalue weighted by atomic mass is 32.2. The first-order valence-electron chi connectivity index (χ1n) is 3.53. The van der Waals surface area contributed by atoms with Crippen molar-refractivity contribution in [2.24, 2.45) is 5.14 Å². The maximum absolute atomic E-state index is 10.9. The van der Waals surface area contributed by atoms with Crippen LogP contribution >= 0.6 is 0 Å². The molecule has 0 saturated carbocycles. The third kappa shape index (κ3) is 1.97. The third-order valence-corrected chi connectivity index (χ3v) is 2.60. The number of aromatic hydroxyl groups is 1. The van der Waals surface area contributed by atoms with Gasteiger partial charge in [-0.2, -0.15) is 0 Å². The predicted octanol–water partition coefficient (Wildman–Crippen LogP) is -0.470. The van der Waals surface area contributed by atoms with Crippen molar-refractivity contribution >= 4 is 21.4 Å². The zero-order valence-corrected chi connectivity index (χ0v) is 8.06. The van der Waals surface area contributed by atoms with Crippen molar-refractivity contribution in [2.75, 3.05) is 5.73 Å². The number of hydrogen-bond donors (Lipinski definition) is 3. The summed E-state index contributed by atoms with van der Waals surface area (Å²) in [5.74, 6) is -0.910. The molecular formula is C6H7N3O5S. The number of nitrogens with zero attached hydrogens (tertiary/aromatic N) is 1. The van der Waals surface area contributed by atoms with Crippen LogP contribution in [0.1, 0.15) is 0 Å². The lowest BCUT2D eigenvalue weighted by Gasteiger charge is -2.04. The van der Waals surface area contributed by atoms with Gasteiger partial charge in [0.2, 0.25) is 10.0 Å². The number of nitro benzene ring substituents is 1. The fraction of sp³-hybridized carbons (Fsp3) is 0. The van der Waals surface area contributed by atoms with Crippen LogP contribution in [0.2, 0.25) is 0 Å². The Morgan fingerprint density at radius 1 is 1.40 bits per heavy atom. The number of sulfonamides is 1. The van der Waals surface area contributed by atoms with Crippen molar-refractivity contribution in [3.8, 4) is 5.75 Å². The van der Waals surface area contributed by atoms with Crippen LogP contribution < -0.4 is 10.9 Å². The van der Waals surface area contributed by atoms with E-state index in [0.717, 1.165) is 12.1 Å². The number of nitro groups is 1. The van der Waals surface area contributed by atoms with Gasteiger partial charge in [-0.3, -0.25) is 10.1 Å². The normalized spacial score (nSPS) is 11.3. The van der Waals surface area contributed by atoms with Crippen LogP contribution in [0.5, 0.6) is 5.75 Å². The number of phenols is 1. The lowest BCUT2D eigenvalue weighted by Crippen LogP contribution is -2.13. The van der Waals surface area contributed by atoms with Crippen molar-refractivity contribution in [3.63, 3.8) is 0 Å². The van der Waals surface area contributed by atoms with E-state index in [1.165, 1.54) is 0 Å². The molecular weight excluding hydrogens is 226 g/mol. The van der Waals surface area contributed by atoms with E-state index in [-0.39, 0.29) is 0 Å². The quantitative estimate of drug-likeness (QED) is 0.272. The Morgan fingerprint density at radius 3 is 2.33 bits per heavy atom. The maximum atomic E-state index is 10.9. The van der Waals surface area contributed by atoms with Gasteiger partial charge in [0.1, 0.15) is 4.90 Å². The van der Waals surface area contributed by atoms with Gasteiger partial charge >= 0.3 is 0 Å². The second-order valence-corrected chi connectivity index (χ2v) is 4.18. The van der Waals surface area contributed by atoms with E-state index in [2.05, 4.69) is 0 Å². The number of primary sulfonamides is 1. The molecule has 0 bridgehead atoms. The van der Waals surface area contributed by atoms with E-state index in [0.29, 0.717) is 0 Å². The van der Waals surface area contributed by atoms with Crippen LogP contribution in [0.3, 0.4) is 0 Å². The Bertz CT molecular complexity index is 524. The zero-order valence-electron chi connectivity index (χ0n) is 7.25. The van der Waals surface area contributed by atoms with Crippen molar-refractivity contribution in [2.45, 2.75) is 4.90 Å². The molecule has 0 heterocycles. The summed E-state index contributed by atoms with van der Waals surface area (Å²) in [6, 6.07) is 1.67. The fourth-order valence-corrected chi connectivity index (χ4v) is 1.60. The van der Waals surface area contributed by atoms with E-state index < -0.39 is 37.0 Å².